The molecule has 0 spiro atoms. The van der Waals surface area contributed by atoms with Crippen molar-refractivity contribution in [2.24, 2.45) is 0 Å². The Kier molecular flexibility index (Phi) is 3.37. The lowest BCUT2D eigenvalue weighted by Gasteiger charge is -2.27. The lowest BCUT2D eigenvalue weighted by atomic mass is 9.83. The monoisotopic (exact) mass is 207 g/mol. The van der Waals surface area contributed by atoms with Crippen molar-refractivity contribution in [2.45, 2.75) is 37.7 Å². The van der Waals surface area contributed by atoms with Crippen LogP contribution in [0.5, 0.6) is 0 Å². The van der Waals surface area contributed by atoms with Gasteiger partial charge in [-0.05, 0) is 55.4 Å². The topological polar surface area (TPSA) is 9.23 Å². The Morgan fingerprint density at radius 1 is 1.33 bits per heavy atom. The Morgan fingerprint density at radius 3 is 2.67 bits per heavy atom. The molecule has 0 aromatic heterocycles. The lowest BCUT2D eigenvalue weighted by Crippen LogP contribution is -2.19. The van der Waals surface area contributed by atoms with E-state index in [0.29, 0.717) is 12.0 Å². The fourth-order valence-electron chi connectivity index (χ4n) is 2.30. The van der Waals surface area contributed by atoms with E-state index in [2.05, 4.69) is 6.07 Å². The van der Waals surface area contributed by atoms with Crippen LogP contribution >= 0.6 is 0 Å². The maximum absolute atomic E-state index is 13.0. The SMILES string of the molecule is CO[C@H]1CC[C@H](c2[c]ccc(F)c2)CC1. The zero-order valence-electron chi connectivity index (χ0n) is 9.00. The van der Waals surface area contributed by atoms with Gasteiger partial charge in [0.05, 0.1) is 6.10 Å². The molecule has 1 aromatic rings. The minimum atomic E-state index is -0.155. The molecule has 1 aromatic carbocycles. The Balaban J connectivity index is 2.01. The average molecular weight is 207 g/mol. The second-order valence-corrected chi connectivity index (χ2v) is 4.17. The molecule has 0 aliphatic heterocycles. The highest BCUT2D eigenvalue weighted by molar-refractivity contribution is 5.19. The molecule has 0 bridgehead atoms. The summed E-state index contributed by atoms with van der Waals surface area (Å²) in [5, 5.41) is 0. The summed E-state index contributed by atoms with van der Waals surface area (Å²) in [7, 11) is 1.76. The van der Waals surface area contributed by atoms with Gasteiger partial charge >= 0.3 is 0 Å². The molecule has 0 unspecified atom stereocenters. The van der Waals surface area contributed by atoms with Crippen LogP contribution in [0.15, 0.2) is 18.2 Å². The lowest BCUT2D eigenvalue weighted by molar-refractivity contribution is 0.0658. The molecule has 2 heteroatoms. The van der Waals surface area contributed by atoms with E-state index in [1.54, 1.807) is 19.2 Å². The van der Waals surface area contributed by atoms with Gasteiger partial charge in [-0.15, -0.1) is 0 Å². The molecule has 0 atom stereocenters. The molecule has 1 fully saturated rings. The molecule has 0 heterocycles. The Bertz CT molecular complexity index is 316. The van der Waals surface area contributed by atoms with Crippen molar-refractivity contribution in [3.8, 4) is 0 Å². The van der Waals surface area contributed by atoms with Crippen molar-refractivity contribution >= 4 is 0 Å². The zero-order valence-corrected chi connectivity index (χ0v) is 9.00. The summed E-state index contributed by atoms with van der Waals surface area (Å²) in [6.07, 6.45) is 4.71. The first kappa shape index (κ1) is 10.6. The number of halogens is 1. The van der Waals surface area contributed by atoms with Crippen LogP contribution in [0.4, 0.5) is 4.39 Å². The highest BCUT2D eigenvalue weighted by Gasteiger charge is 2.22. The first-order valence-corrected chi connectivity index (χ1v) is 5.49. The van der Waals surface area contributed by atoms with Crippen LogP contribution in [0.2, 0.25) is 0 Å². The average Bonchev–Trinajstić information content (AvgIpc) is 2.29. The summed E-state index contributed by atoms with van der Waals surface area (Å²) < 4.78 is 18.3. The number of benzene rings is 1. The van der Waals surface area contributed by atoms with Gasteiger partial charge in [0.25, 0.3) is 0 Å². The fourth-order valence-corrected chi connectivity index (χ4v) is 2.30. The van der Waals surface area contributed by atoms with Gasteiger partial charge in [0.15, 0.2) is 0 Å². The van der Waals surface area contributed by atoms with Crippen LogP contribution < -0.4 is 0 Å². The van der Waals surface area contributed by atoms with E-state index < -0.39 is 0 Å². The summed E-state index contributed by atoms with van der Waals surface area (Å²) in [5.74, 6) is 0.310. The molecule has 1 radical (unpaired) electrons. The van der Waals surface area contributed by atoms with Gasteiger partial charge in [-0.3, -0.25) is 0 Å². The van der Waals surface area contributed by atoms with Gasteiger partial charge in [0.2, 0.25) is 0 Å². The van der Waals surface area contributed by atoms with Gasteiger partial charge < -0.3 is 4.74 Å². The summed E-state index contributed by atoms with van der Waals surface area (Å²) in [4.78, 5) is 0. The smallest absolute Gasteiger partial charge is 0.123 e. The molecule has 1 nitrogen and oxygen atoms in total. The summed E-state index contributed by atoms with van der Waals surface area (Å²) in [6, 6.07) is 7.86. The van der Waals surface area contributed by atoms with Gasteiger partial charge in [0.1, 0.15) is 5.82 Å². The maximum atomic E-state index is 13.0. The third kappa shape index (κ3) is 2.57. The first-order valence-electron chi connectivity index (χ1n) is 5.49. The van der Waals surface area contributed by atoms with Crippen molar-refractivity contribution in [1.29, 1.82) is 0 Å². The normalized spacial score (nSPS) is 26.5. The Labute approximate surface area is 90.3 Å². The molecular weight excluding hydrogens is 191 g/mol. The van der Waals surface area contributed by atoms with Gasteiger partial charge in [-0.2, -0.15) is 0 Å². The van der Waals surface area contributed by atoms with Crippen LogP contribution in [-0.4, -0.2) is 13.2 Å². The van der Waals surface area contributed by atoms with Crippen molar-refractivity contribution in [1.82, 2.24) is 0 Å². The fraction of sp³-hybridized carbons (Fsp3) is 0.538. The van der Waals surface area contributed by atoms with Crippen LogP contribution in [0.25, 0.3) is 0 Å². The largest absolute Gasteiger partial charge is 0.381 e. The molecule has 1 saturated carbocycles. The molecule has 0 saturated heterocycles. The van der Waals surface area contributed by atoms with Crippen LogP contribution in [0.3, 0.4) is 0 Å². The summed E-state index contributed by atoms with van der Waals surface area (Å²) >= 11 is 0. The predicted molar refractivity (Wildman–Crippen MR) is 57.2 cm³/mol. The van der Waals surface area contributed by atoms with E-state index in [1.165, 1.54) is 6.07 Å². The summed E-state index contributed by atoms with van der Waals surface area (Å²) in [6.45, 7) is 0. The van der Waals surface area contributed by atoms with E-state index in [1.807, 2.05) is 0 Å². The van der Waals surface area contributed by atoms with Crippen molar-refractivity contribution in [3.05, 3.63) is 35.6 Å². The second kappa shape index (κ2) is 4.75. The maximum Gasteiger partial charge on any atom is 0.123 e. The van der Waals surface area contributed by atoms with Gasteiger partial charge in [-0.25, -0.2) is 4.39 Å². The number of methoxy groups -OCH3 is 1. The highest BCUT2D eigenvalue weighted by Crippen LogP contribution is 2.33. The predicted octanol–water partition coefficient (Wildman–Crippen LogP) is 3.30. The molecule has 0 amide bonds. The molecule has 1 aliphatic carbocycles. The molecular formula is C13H16FO. The number of hydrogen-bond donors (Lipinski definition) is 0. The Hall–Kier alpha value is -0.890. The molecule has 0 N–H and O–H groups in total. The van der Waals surface area contributed by atoms with E-state index in [9.17, 15) is 4.39 Å². The van der Waals surface area contributed by atoms with Gasteiger partial charge in [0, 0.05) is 7.11 Å². The van der Waals surface area contributed by atoms with E-state index in [4.69, 9.17) is 4.74 Å². The second-order valence-electron chi connectivity index (χ2n) is 4.17. The minimum Gasteiger partial charge on any atom is -0.381 e. The zero-order chi connectivity index (χ0) is 10.7. The van der Waals surface area contributed by atoms with Crippen LogP contribution in [0.1, 0.15) is 37.2 Å². The Morgan fingerprint density at radius 2 is 2.07 bits per heavy atom. The third-order valence-electron chi connectivity index (χ3n) is 3.23. The van der Waals surface area contributed by atoms with Crippen LogP contribution in [0, 0.1) is 11.9 Å². The number of rotatable bonds is 2. The standard InChI is InChI=1S/C13H16FO/c1-15-13-7-5-10(6-8-13)11-3-2-4-12(14)9-11/h2,4,9-10,13H,5-8H2,1H3/t10-,13-. The van der Waals surface area contributed by atoms with E-state index in [0.717, 1.165) is 31.2 Å². The quantitative estimate of drug-likeness (QED) is 0.723. The van der Waals surface area contributed by atoms with Crippen LogP contribution in [-0.2, 0) is 4.74 Å². The number of hydrogen-bond acceptors (Lipinski definition) is 1. The molecule has 15 heavy (non-hydrogen) atoms. The van der Waals surface area contributed by atoms with Crippen molar-refractivity contribution in [3.63, 3.8) is 0 Å². The molecule has 1 aliphatic rings. The highest BCUT2D eigenvalue weighted by atomic mass is 19.1. The summed E-state index contributed by atoms with van der Waals surface area (Å²) in [5.41, 5.74) is 1.02. The number of ether oxygens (including phenoxy) is 1. The van der Waals surface area contributed by atoms with E-state index >= 15 is 0 Å². The van der Waals surface area contributed by atoms with Crippen molar-refractivity contribution < 1.29 is 9.13 Å². The van der Waals surface area contributed by atoms with Crippen molar-refractivity contribution in [2.75, 3.05) is 7.11 Å². The molecule has 81 valence electrons. The molecule has 2 rings (SSSR count). The first-order chi connectivity index (χ1) is 7.29. The minimum absolute atomic E-state index is 0.155. The van der Waals surface area contributed by atoms with E-state index in [-0.39, 0.29) is 5.82 Å². The third-order valence-corrected chi connectivity index (χ3v) is 3.23. The van der Waals surface area contributed by atoms with Gasteiger partial charge in [-0.1, -0.05) is 6.07 Å².